The second kappa shape index (κ2) is 5.29. The van der Waals surface area contributed by atoms with Crippen LogP contribution in [0, 0.1) is 6.92 Å². The first-order valence-electron chi connectivity index (χ1n) is 6.45. The highest BCUT2D eigenvalue weighted by atomic mass is 32.1. The molecular formula is C12H15N5O2S. The van der Waals surface area contributed by atoms with E-state index in [1.165, 1.54) is 24.8 Å². The third-order valence-corrected chi connectivity index (χ3v) is 4.45. The fourth-order valence-electron chi connectivity index (χ4n) is 2.29. The summed E-state index contributed by atoms with van der Waals surface area (Å²) in [7, 11) is 1.38. The van der Waals surface area contributed by atoms with E-state index in [1.807, 2.05) is 0 Å². The zero-order valence-corrected chi connectivity index (χ0v) is 12.2. The maximum Gasteiger partial charge on any atom is 0.297 e. The summed E-state index contributed by atoms with van der Waals surface area (Å²) in [4.78, 5) is 22.3. The van der Waals surface area contributed by atoms with Gasteiger partial charge in [-0.1, -0.05) is 16.6 Å². The summed E-state index contributed by atoms with van der Waals surface area (Å²) in [6.45, 7) is 1.80. The van der Waals surface area contributed by atoms with Gasteiger partial charge in [-0.25, -0.2) is 10.5 Å². The number of amides is 1. The lowest BCUT2D eigenvalue weighted by atomic mass is 10.0. The van der Waals surface area contributed by atoms with Gasteiger partial charge in [-0.2, -0.15) is 4.68 Å². The predicted molar refractivity (Wildman–Crippen MR) is 72.9 cm³/mol. The van der Waals surface area contributed by atoms with Crippen LogP contribution >= 0.6 is 11.3 Å². The molecule has 0 saturated heterocycles. The Morgan fingerprint density at radius 1 is 1.40 bits per heavy atom. The molecule has 1 amide bonds. The van der Waals surface area contributed by atoms with Gasteiger partial charge in [0, 0.05) is 4.88 Å². The van der Waals surface area contributed by atoms with E-state index in [4.69, 9.17) is 0 Å². The van der Waals surface area contributed by atoms with E-state index in [1.54, 1.807) is 22.9 Å². The summed E-state index contributed by atoms with van der Waals surface area (Å²) in [6.07, 6.45) is 4.51. The molecule has 1 aliphatic rings. The monoisotopic (exact) mass is 293 g/mol. The molecule has 1 aliphatic carbocycles. The van der Waals surface area contributed by atoms with Crippen molar-refractivity contribution in [2.24, 2.45) is 0 Å². The van der Waals surface area contributed by atoms with Gasteiger partial charge in [0.05, 0.1) is 18.5 Å². The van der Waals surface area contributed by atoms with Gasteiger partial charge in [0.15, 0.2) is 5.69 Å². The number of carbonyl (C=O) groups is 1. The Balaban J connectivity index is 1.94. The lowest BCUT2D eigenvalue weighted by molar-refractivity contribution is 0.0531. The Bertz CT molecular complexity index is 625. The highest BCUT2D eigenvalue weighted by molar-refractivity contribution is 7.14. The standard InChI is InChI=1S/C12H15N5O2S/c1-7-10(11(18)15-19-2)14-16-17(7)12-13-8-5-3-4-6-9(8)20-12/h3-6H2,1-2H3,(H,15,18). The number of hydroxylamine groups is 1. The molecule has 1 N–H and O–H groups in total. The molecule has 0 saturated carbocycles. The molecule has 20 heavy (non-hydrogen) atoms. The second-order valence-corrected chi connectivity index (χ2v) is 5.71. The van der Waals surface area contributed by atoms with E-state index < -0.39 is 5.91 Å². The summed E-state index contributed by atoms with van der Waals surface area (Å²) < 4.78 is 1.62. The number of aryl methyl sites for hydroxylation is 2. The minimum atomic E-state index is -0.405. The molecule has 0 atom stereocenters. The van der Waals surface area contributed by atoms with Gasteiger partial charge < -0.3 is 0 Å². The van der Waals surface area contributed by atoms with Gasteiger partial charge in [0.1, 0.15) is 0 Å². The summed E-state index contributed by atoms with van der Waals surface area (Å²) in [5.74, 6) is -0.405. The van der Waals surface area contributed by atoms with Crippen LogP contribution in [0.5, 0.6) is 0 Å². The maximum atomic E-state index is 11.7. The van der Waals surface area contributed by atoms with Crippen molar-refractivity contribution in [2.45, 2.75) is 32.6 Å². The molecular weight excluding hydrogens is 278 g/mol. The number of thiazole rings is 1. The van der Waals surface area contributed by atoms with Crippen LogP contribution in [0.25, 0.3) is 5.13 Å². The highest BCUT2D eigenvalue weighted by Crippen LogP contribution is 2.29. The quantitative estimate of drug-likeness (QED) is 0.860. The number of aromatic nitrogens is 4. The molecule has 0 spiro atoms. The minimum Gasteiger partial charge on any atom is -0.277 e. The lowest BCUT2D eigenvalue weighted by Crippen LogP contribution is -2.23. The zero-order valence-electron chi connectivity index (χ0n) is 11.3. The third kappa shape index (κ3) is 2.20. The van der Waals surface area contributed by atoms with Crippen molar-refractivity contribution < 1.29 is 9.63 Å². The van der Waals surface area contributed by atoms with Gasteiger partial charge in [-0.15, -0.1) is 5.10 Å². The first kappa shape index (κ1) is 13.2. The molecule has 106 valence electrons. The van der Waals surface area contributed by atoms with Gasteiger partial charge in [0.2, 0.25) is 5.13 Å². The average Bonchev–Trinajstić information content (AvgIpc) is 3.01. The molecule has 0 unspecified atom stereocenters. The first-order valence-corrected chi connectivity index (χ1v) is 7.27. The van der Waals surface area contributed by atoms with E-state index in [9.17, 15) is 4.79 Å². The smallest absolute Gasteiger partial charge is 0.277 e. The molecule has 0 fully saturated rings. The summed E-state index contributed by atoms with van der Waals surface area (Å²) in [6, 6.07) is 0. The predicted octanol–water partition coefficient (Wildman–Crippen LogP) is 1.20. The van der Waals surface area contributed by atoms with Crippen LogP contribution in [0.1, 0.15) is 39.6 Å². The fourth-order valence-corrected chi connectivity index (χ4v) is 3.44. The number of hydrogen-bond donors (Lipinski definition) is 1. The van der Waals surface area contributed by atoms with E-state index in [2.05, 4.69) is 25.6 Å². The van der Waals surface area contributed by atoms with Crippen molar-refractivity contribution in [3.05, 3.63) is 22.0 Å². The van der Waals surface area contributed by atoms with Crippen LogP contribution in [-0.4, -0.2) is 33.0 Å². The molecule has 3 rings (SSSR count). The number of carbonyl (C=O) groups excluding carboxylic acids is 1. The molecule has 2 aromatic heterocycles. The Kier molecular flexibility index (Phi) is 3.49. The topological polar surface area (TPSA) is 81.9 Å². The maximum absolute atomic E-state index is 11.7. The van der Waals surface area contributed by atoms with Crippen LogP contribution in [0.3, 0.4) is 0 Å². The number of nitrogens with one attached hydrogen (secondary N) is 1. The Labute approximate surface area is 119 Å². The number of nitrogens with zero attached hydrogens (tertiary/aromatic N) is 4. The second-order valence-electron chi connectivity index (χ2n) is 4.64. The molecule has 7 nitrogen and oxygen atoms in total. The highest BCUT2D eigenvalue weighted by Gasteiger charge is 2.21. The lowest BCUT2D eigenvalue weighted by Gasteiger charge is -2.06. The van der Waals surface area contributed by atoms with Crippen molar-refractivity contribution in [1.29, 1.82) is 0 Å². The van der Waals surface area contributed by atoms with E-state index in [0.29, 0.717) is 5.69 Å². The van der Waals surface area contributed by atoms with Crippen molar-refractivity contribution >= 4 is 17.2 Å². The van der Waals surface area contributed by atoms with Gasteiger partial charge >= 0.3 is 0 Å². The molecule has 2 heterocycles. The average molecular weight is 293 g/mol. The van der Waals surface area contributed by atoms with E-state index in [0.717, 1.165) is 23.7 Å². The molecule has 2 aromatic rings. The summed E-state index contributed by atoms with van der Waals surface area (Å²) in [5, 5.41) is 8.71. The van der Waals surface area contributed by atoms with E-state index in [-0.39, 0.29) is 5.69 Å². The number of rotatable bonds is 3. The number of hydrogen-bond acceptors (Lipinski definition) is 6. The third-order valence-electron chi connectivity index (χ3n) is 3.32. The van der Waals surface area contributed by atoms with Crippen LogP contribution in [-0.2, 0) is 17.7 Å². The van der Waals surface area contributed by atoms with Crippen LogP contribution < -0.4 is 5.48 Å². The first-order chi connectivity index (χ1) is 9.70. The van der Waals surface area contributed by atoms with Crippen LogP contribution in [0.4, 0.5) is 0 Å². The number of fused-ring (bicyclic) bond motifs is 1. The Morgan fingerprint density at radius 2 is 2.20 bits per heavy atom. The molecule has 8 heteroatoms. The zero-order chi connectivity index (χ0) is 14.1. The van der Waals surface area contributed by atoms with E-state index >= 15 is 0 Å². The summed E-state index contributed by atoms with van der Waals surface area (Å²) in [5.41, 5.74) is 4.31. The molecule has 0 aliphatic heterocycles. The normalized spacial score (nSPS) is 14.1. The minimum absolute atomic E-state index is 0.250. The Morgan fingerprint density at radius 3 is 2.95 bits per heavy atom. The van der Waals surface area contributed by atoms with Crippen LogP contribution in [0.2, 0.25) is 0 Å². The molecule has 0 bridgehead atoms. The SMILES string of the molecule is CONC(=O)c1nnn(-c2nc3c(s2)CCCC3)c1C. The van der Waals surface area contributed by atoms with Crippen molar-refractivity contribution in [1.82, 2.24) is 25.5 Å². The molecule has 0 aromatic carbocycles. The fraction of sp³-hybridized carbons (Fsp3) is 0.500. The van der Waals surface area contributed by atoms with Crippen molar-refractivity contribution in [3.63, 3.8) is 0 Å². The van der Waals surface area contributed by atoms with Gasteiger partial charge in [-0.05, 0) is 32.6 Å². The van der Waals surface area contributed by atoms with Crippen LogP contribution in [0.15, 0.2) is 0 Å². The summed E-state index contributed by atoms with van der Waals surface area (Å²) >= 11 is 1.63. The van der Waals surface area contributed by atoms with Gasteiger partial charge in [-0.3, -0.25) is 9.63 Å². The van der Waals surface area contributed by atoms with Gasteiger partial charge in [0.25, 0.3) is 5.91 Å². The van der Waals surface area contributed by atoms with Crippen molar-refractivity contribution in [3.8, 4) is 5.13 Å². The van der Waals surface area contributed by atoms with Crippen molar-refractivity contribution in [2.75, 3.05) is 7.11 Å². The molecule has 0 radical (unpaired) electrons. The largest absolute Gasteiger partial charge is 0.297 e. The Hall–Kier alpha value is -1.80.